The van der Waals surface area contributed by atoms with E-state index < -0.39 is 28.6 Å². The molecule has 22 heavy (non-hydrogen) atoms. The molecule has 9 heteroatoms. The number of halogens is 3. The lowest BCUT2D eigenvalue weighted by Gasteiger charge is -2.04. The number of carbonyl (C=O) groups excluding carboxylic acids is 2. The minimum absolute atomic E-state index is 0.0554. The van der Waals surface area contributed by atoms with E-state index in [0.717, 1.165) is 0 Å². The van der Waals surface area contributed by atoms with E-state index in [9.17, 15) is 22.8 Å². The molecule has 1 rings (SSSR count). The van der Waals surface area contributed by atoms with Gasteiger partial charge in [-0.2, -0.15) is 13.2 Å². The molecule has 0 radical (unpaired) electrons. The molecular formula is C13H13F3N2O3S. The molecule has 0 saturated heterocycles. The number of rotatable bonds is 6. The van der Waals surface area contributed by atoms with Gasteiger partial charge in [0.05, 0.1) is 6.61 Å². The molecule has 1 N–H and O–H groups in total. The van der Waals surface area contributed by atoms with E-state index in [1.54, 1.807) is 0 Å². The highest BCUT2D eigenvalue weighted by molar-refractivity contribution is 7.16. The third-order valence-corrected chi connectivity index (χ3v) is 3.34. The molecule has 0 aromatic carbocycles. The van der Waals surface area contributed by atoms with Gasteiger partial charge >= 0.3 is 12.1 Å². The van der Waals surface area contributed by atoms with Gasteiger partial charge in [0.1, 0.15) is 4.88 Å². The molecule has 1 aromatic heterocycles. The summed E-state index contributed by atoms with van der Waals surface area (Å²) in [4.78, 5) is 25.4. The molecule has 1 amide bonds. The predicted molar refractivity (Wildman–Crippen MR) is 74.4 cm³/mol. The minimum Gasteiger partial charge on any atom is -0.461 e. The number of hydrogen-bond acceptors (Lipinski definition) is 5. The molecule has 0 aliphatic heterocycles. The fraction of sp³-hybridized carbons (Fsp3) is 0.462. The lowest BCUT2D eigenvalue weighted by atomic mass is 10.2. The SMILES string of the molecule is C#CCCCC(=O)Nc1nc(C(=O)OCC)c(C(F)(F)F)s1. The van der Waals surface area contributed by atoms with Crippen molar-refractivity contribution < 1.29 is 27.5 Å². The molecule has 1 heterocycles. The lowest BCUT2D eigenvalue weighted by molar-refractivity contribution is -0.135. The average Bonchev–Trinajstić information content (AvgIpc) is 2.83. The number of hydrogen-bond donors (Lipinski definition) is 1. The van der Waals surface area contributed by atoms with Gasteiger partial charge in [-0.05, 0) is 13.3 Å². The Morgan fingerprint density at radius 3 is 2.68 bits per heavy atom. The van der Waals surface area contributed by atoms with Crippen LogP contribution in [0, 0.1) is 12.3 Å². The zero-order valence-corrected chi connectivity index (χ0v) is 12.4. The first-order chi connectivity index (χ1) is 10.3. The number of terminal acetylenes is 1. The first-order valence-electron chi connectivity index (χ1n) is 6.28. The number of ether oxygens (including phenoxy) is 1. The predicted octanol–water partition coefficient (Wildman–Crippen LogP) is 3.08. The van der Waals surface area contributed by atoms with E-state index in [2.05, 4.69) is 21.0 Å². The summed E-state index contributed by atoms with van der Waals surface area (Å²) in [6, 6.07) is 0. The first kappa shape index (κ1) is 18.0. The average molecular weight is 334 g/mol. The largest absolute Gasteiger partial charge is 0.461 e. The Bertz CT molecular complexity index is 590. The van der Waals surface area contributed by atoms with Gasteiger partial charge in [0, 0.05) is 12.8 Å². The summed E-state index contributed by atoms with van der Waals surface area (Å²) in [7, 11) is 0. The zero-order chi connectivity index (χ0) is 16.8. The number of esters is 1. The standard InChI is InChI=1S/C13H13F3N2O3S/c1-3-5-6-7-8(19)17-12-18-9(11(20)21-4-2)10(22-12)13(14,15)16/h1H,4-7H2,2H3,(H,17,18,19). The molecule has 0 aliphatic carbocycles. The van der Waals surface area contributed by atoms with Crippen molar-refractivity contribution in [2.75, 3.05) is 11.9 Å². The van der Waals surface area contributed by atoms with E-state index in [0.29, 0.717) is 12.8 Å². The van der Waals surface area contributed by atoms with E-state index in [1.807, 2.05) is 0 Å². The Labute approximate surface area is 128 Å². The van der Waals surface area contributed by atoms with Crippen LogP contribution in [0.1, 0.15) is 41.6 Å². The Kier molecular flexibility index (Phi) is 6.37. The fourth-order valence-electron chi connectivity index (χ4n) is 1.44. The van der Waals surface area contributed by atoms with Crippen molar-refractivity contribution in [2.45, 2.75) is 32.4 Å². The first-order valence-corrected chi connectivity index (χ1v) is 7.09. The monoisotopic (exact) mass is 334 g/mol. The van der Waals surface area contributed by atoms with Crippen LogP contribution in [0.15, 0.2) is 0 Å². The normalized spacial score (nSPS) is 10.9. The summed E-state index contributed by atoms with van der Waals surface area (Å²) in [5, 5.41) is 1.92. The van der Waals surface area contributed by atoms with Crippen molar-refractivity contribution in [3.05, 3.63) is 10.6 Å². The van der Waals surface area contributed by atoms with Crippen molar-refractivity contribution in [1.82, 2.24) is 4.98 Å². The Morgan fingerprint density at radius 2 is 2.14 bits per heavy atom. The summed E-state index contributed by atoms with van der Waals surface area (Å²) in [6.07, 6.45) is 1.12. The van der Waals surface area contributed by atoms with Gasteiger partial charge in [0.15, 0.2) is 10.8 Å². The van der Waals surface area contributed by atoms with Crippen molar-refractivity contribution in [2.24, 2.45) is 0 Å². The molecule has 0 aliphatic rings. The number of amides is 1. The number of anilines is 1. The summed E-state index contributed by atoms with van der Waals surface area (Å²) in [6.45, 7) is 1.38. The quantitative estimate of drug-likeness (QED) is 0.493. The van der Waals surface area contributed by atoms with Crippen LogP contribution in [0.2, 0.25) is 0 Å². The number of thiazole rings is 1. The number of unbranched alkanes of at least 4 members (excludes halogenated alkanes) is 1. The van der Waals surface area contributed by atoms with Gasteiger partial charge in [-0.1, -0.05) is 11.3 Å². The smallest absolute Gasteiger partial charge is 0.428 e. The Balaban J connectivity index is 2.92. The molecular weight excluding hydrogens is 321 g/mol. The van der Waals surface area contributed by atoms with E-state index in [1.165, 1.54) is 6.92 Å². The highest BCUT2D eigenvalue weighted by Gasteiger charge is 2.40. The fourth-order valence-corrected chi connectivity index (χ4v) is 2.27. The summed E-state index contributed by atoms with van der Waals surface area (Å²) in [5.74, 6) is 0.644. The molecule has 0 atom stereocenters. The van der Waals surface area contributed by atoms with Crippen LogP contribution in [0.25, 0.3) is 0 Å². The van der Waals surface area contributed by atoms with Crippen LogP contribution >= 0.6 is 11.3 Å². The lowest BCUT2D eigenvalue weighted by Crippen LogP contribution is -2.14. The maximum absolute atomic E-state index is 12.9. The number of aromatic nitrogens is 1. The molecule has 120 valence electrons. The topological polar surface area (TPSA) is 68.3 Å². The maximum atomic E-state index is 12.9. The van der Waals surface area contributed by atoms with Gasteiger partial charge in [-0.3, -0.25) is 4.79 Å². The third kappa shape index (κ3) is 5.04. The summed E-state index contributed by atoms with van der Waals surface area (Å²) in [5.41, 5.74) is -0.849. The van der Waals surface area contributed by atoms with E-state index >= 15 is 0 Å². The van der Waals surface area contributed by atoms with E-state index in [4.69, 9.17) is 6.42 Å². The van der Waals surface area contributed by atoms with Crippen LogP contribution in [0.3, 0.4) is 0 Å². The third-order valence-electron chi connectivity index (χ3n) is 2.32. The number of nitrogens with one attached hydrogen (secondary N) is 1. The molecule has 5 nitrogen and oxygen atoms in total. The van der Waals surface area contributed by atoms with Crippen molar-refractivity contribution in [3.63, 3.8) is 0 Å². The highest BCUT2D eigenvalue weighted by Crippen LogP contribution is 2.38. The molecule has 0 spiro atoms. The molecule has 1 aromatic rings. The number of nitrogens with zero attached hydrogens (tertiary/aromatic N) is 1. The number of alkyl halides is 3. The molecule has 0 saturated carbocycles. The van der Waals surface area contributed by atoms with Crippen LogP contribution in [-0.2, 0) is 15.7 Å². The van der Waals surface area contributed by atoms with Crippen molar-refractivity contribution >= 4 is 28.3 Å². The number of carbonyl (C=O) groups is 2. The molecule has 0 fully saturated rings. The summed E-state index contributed by atoms with van der Waals surface area (Å²) < 4.78 is 43.2. The van der Waals surface area contributed by atoms with Crippen molar-refractivity contribution in [3.8, 4) is 12.3 Å². The highest BCUT2D eigenvalue weighted by atomic mass is 32.1. The van der Waals surface area contributed by atoms with Gasteiger partial charge in [0.25, 0.3) is 0 Å². The second-order valence-electron chi connectivity index (χ2n) is 4.02. The van der Waals surface area contributed by atoms with Crippen LogP contribution in [-0.4, -0.2) is 23.5 Å². The molecule has 0 bridgehead atoms. The van der Waals surface area contributed by atoms with Gasteiger partial charge in [0.2, 0.25) is 5.91 Å². The second kappa shape index (κ2) is 7.79. The van der Waals surface area contributed by atoms with Crippen molar-refractivity contribution in [1.29, 1.82) is 0 Å². The second-order valence-corrected chi connectivity index (χ2v) is 5.02. The van der Waals surface area contributed by atoms with Crippen LogP contribution in [0.4, 0.5) is 18.3 Å². The Hall–Kier alpha value is -2.08. The van der Waals surface area contributed by atoms with Gasteiger partial charge in [-0.15, -0.1) is 12.3 Å². The van der Waals surface area contributed by atoms with E-state index in [-0.39, 0.29) is 29.5 Å². The Morgan fingerprint density at radius 1 is 1.45 bits per heavy atom. The maximum Gasteiger partial charge on any atom is 0.428 e. The van der Waals surface area contributed by atoms with Crippen LogP contribution < -0.4 is 5.32 Å². The van der Waals surface area contributed by atoms with Gasteiger partial charge < -0.3 is 10.1 Å². The summed E-state index contributed by atoms with van der Waals surface area (Å²) >= 11 is 0.179. The van der Waals surface area contributed by atoms with Gasteiger partial charge in [-0.25, -0.2) is 9.78 Å². The minimum atomic E-state index is -4.76. The van der Waals surface area contributed by atoms with Crippen LogP contribution in [0.5, 0.6) is 0 Å². The zero-order valence-electron chi connectivity index (χ0n) is 11.6. The molecule has 0 unspecified atom stereocenters.